The van der Waals surface area contributed by atoms with Gasteiger partial charge in [0.05, 0.1) is 24.5 Å². The molecule has 1 aromatic carbocycles. The molecule has 0 spiro atoms. The lowest BCUT2D eigenvalue weighted by Crippen LogP contribution is -2.33. The minimum absolute atomic E-state index is 0.185. The first-order valence-electron chi connectivity index (χ1n) is 7.96. The Kier molecular flexibility index (Phi) is 4.69. The Morgan fingerprint density at radius 3 is 2.92 bits per heavy atom. The molecule has 3 rings (SSSR count). The molecule has 1 aromatic rings. The molecule has 2 aliphatic heterocycles. The van der Waals surface area contributed by atoms with E-state index >= 15 is 0 Å². The van der Waals surface area contributed by atoms with Crippen molar-refractivity contribution in [3.05, 3.63) is 36.2 Å². The molecular formula is C17H20FN3O3. The third kappa shape index (κ3) is 3.50. The van der Waals surface area contributed by atoms with Gasteiger partial charge in [0.1, 0.15) is 11.9 Å². The SMILES string of the molecule is CC(=O)NC[C@H]1CN(c2ccc(N3CC=CCC3)c(F)c2)C(=O)O1. The molecule has 128 valence electrons. The van der Waals surface area contributed by atoms with Crippen molar-refractivity contribution in [1.29, 1.82) is 0 Å². The summed E-state index contributed by atoms with van der Waals surface area (Å²) in [6.07, 6.45) is 4.03. The number of rotatable bonds is 4. The highest BCUT2D eigenvalue weighted by molar-refractivity contribution is 5.90. The lowest BCUT2D eigenvalue weighted by atomic mass is 10.2. The summed E-state index contributed by atoms with van der Waals surface area (Å²) < 4.78 is 19.7. The number of hydrogen-bond donors (Lipinski definition) is 1. The molecule has 0 aromatic heterocycles. The van der Waals surface area contributed by atoms with Gasteiger partial charge in [-0.3, -0.25) is 9.69 Å². The fraction of sp³-hybridized carbons (Fsp3) is 0.412. The van der Waals surface area contributed by atoms with Crippen molar-refractivity contribution in [3.8, 4) is 0 Å². The molecule has 1 N–H and O–H groups in total. The van der Waals surface area contributed by atoms with Gasteiger partial charge in [0.15, 0.2) is 0 Å². The van der Waals surface area contributed by atoms with Gasteiger partial charge >= 0.3 is 6.09 Å². The Morgan fingerprint density at radius 2 is 2.25 bits per heavy atom. The van der Waals surface area contributed by atoms with E-state index in [0.717, 1.165) is 13.0 Å². The maximum absolute atomic E-state index is 14.5. The Bertz CT molecular complexity index is 677. The Labute approximate surface area is 139 Å². The maximum Gasteiger partial charge on any atom is 0.414 e. The number of nitrogens with one attached hydrogen (secondary N) is 1. The molecule has 0 bridgehead atoms. The predicted molar refractivity (Wildman–Crippen MR) is 88.7 cm³/mol. The van der Waals surface area contributed by atoms with E-state index in [4.69, 9.17) is 4.74 Å². The smallest absolute Gasteiger partial charge is 0.414 e. The van der Waals surface area contributed by atoms with Crippen LogP contribution in [0.1, 0.15) is 13.3 Å². The number of carbonyl (C=O) groups excluding carboxylic acids is 2. The Hall–Kier alpha value is -2.57. The second kappa shape index (κ2) is 6.90. The Balaban J connectivity index is 1.70. The Morgan fingerprint density at radius 1 is 1.42 bits per heavy atom. The summed E-state index contributed by atoms with van der Waals surface area (Å²) in [7, 11) is 0. The van der Waals surface area contributed by atoms with E-state index in [2.05, 4.69) is 11.4 Å². The van der Waals surface area contributed by atoms with E-state index in [1.165, 1.54) is 17.9 Å². The average molecular weight is 333 g/mol. The number of halogens is 1. The van der Waals surface area contributed by atoms with Crippen molar-refractivity contribution in [1.82, 2.24) is 5.32 Å². The second-order valence-corrected chi connectivity index (χ2v) is 5.90. The summed E-state index contributed by atoms with van der Waals surface area (Å²) in [4.78, 5) is 26.3. The van der Waals surface area contributed by atoms with Gasteiger partial charge in [0.2, 0.25) is 5.91 Å². The van der Waals surface area contributed by atoms with Crippen molar-refractivity contribution in [3.63, 3.8) is 0 Å². The first-order chi connectivity index (χ1) is 11.5. The van der Waals surface area contributed by atoms with Gasteiger partial charge in [-0.1, -0.05) is 12.2 Å². The largest absolute Gasteiger partial charge is 0.442 e. The highest BCUT2D eigenvalue weighted by Gasteiger charge is 2.32. The third-order valence-electron chi connectivity index (χ3n) is 4.09. The van der Waals surface area contributed by atoms with Gasteiger partial charge < -0.3 is 15.0 Å². The van der Waals surface area contributed by atoms with Crippen LogP contribution in [0.5, 0.6) is 0 Å². The number of anilines is 2. The van der Waals surface area contributed by atoms with Crippen LogP contribution < -0.4 is 15.1 Å². The first kappa shape index (κ1) is 16.3. The predicted octanol–water partition coefficient (Wildman–Crippen LogP) is 2.05. The molecule has 2 amide bonds. The van der Waals surface area contributed by atoms with E-state index < -0.39 is 12.2 Å². The summed E-state index contributed by atoms with van der Waals surface area (Å²) in [5, 5.41) is 2.61. The van der Waals surface area contributed by atoms with E-state index in [0.29, 0.717) is 17.9 Å². The molecule has 24 heavy (non-hydrogen) atoms. The van der Waals surface area contributed by atoms with Gasteiger partial charge in [-0.2, -0.15) is 0 Å². The minimum atomic E-state index is -0.529. The van der Waals surface area contributed by atoms with Crippen LogP contribution in [0.2, 0.25) is 0 Å². The fourth-order valence-corrected chi connectivity index (χ4v) is 2.88. The summed E-state index contributed by atoms with van der Waals surface area (Å²) in [6.45, 7) is 3.39. The third-order valence-corrected chi connectivity index (χ3v) is 4.09. The summed E-state index contributed by atoms with van der Waals surface area (Å²) in [6, 6.07) is 4.77. The zero-order chi connectivity index (χ0) is 17.1. The van der Waals surface area contributed by atoms with Crippen molar-refractivity contribution < 1.29 is 18.7 Å². The average Bonchev–Trinajstić information content (AvgIpc) is 2.94. The molecule has 7 heteroatoms. The van der Waals surface area contributed by atoms with E-state index in [9.17, 15) is 14.0 Å². The minimum Gasteiger partial charge on any atom is -0.442 e. The van der Waals surface area contributed by atoms with Crippen molar-refractivity contribution in [2.24, 2.45) is 0 Å². The quantitative estimate of drug-likeness (QED) is 0.857. The molecule has 1 fully saturated rings. The van der Waals surface area contributed by atoms with Crippen LogP contribution in [0.25, 0.3) is 0 Å². The summed E-state index contributed by atoms with van der Waals surface area (Å²) in [5.74, 6) is -0.545. The standard InChI is InChI=1S/C17H20FN3O3/c1-12(22)19-10-14-11-21(17(23)24-14)13-5-6-16(15(18)9-13)20-7-3-2-4-8-20/h2-3,5-6,9,14H,4,7-8,10-11H2,1H3,(H,19,22)/t14-/m0/s1. The number of amides is 2. The van der Waals surface area contributed by atoms with Gasteiger partial charge in [-0.25, -0.2) is 9.18 Å². The van der Waals surface area contributed by atoms with E-state index in [1.807, 2.05) is 11.0 Å². The first-order valence-corrected chi connectivity index (χ1v) is 7.96. The van der Waals surface area contributed by atoms with Gasteiger partial charge in [-0.05, 0) is 24.6 Å². The fourth-order valence-electron chi connectivity index (χ4n) is 2.88. The molecule has 0 unspecified atom stereocenters. The second-order valence-electron chi connectivity index (χ2n) is 5.90. The van der Waals surface area contributed by atoms with E-state index in [-0.39, 0.29) is 24.8 Å². The highest BCUT2D eigenvalue weighted by atomic mass is 19.1. The lowest BCUT2D eigenvalue weighted by Gasteiger charge is -2.26. The number of cyclic esters (lactones) is 1. The van der Waals surface area contributed by atoms with Crippen molar-refractivity contribution in [2.45, 2.75) is 19.4 Å². The zero-order valence-corrected chi connectivity index (χ0v) is 13.5. The molecule has 6 nitrogen and oxygen atoms in total. The molecular weight excluding hydrogens is 313 g/mol. The maximum atomic E-state index is 14.5. The van der Waals surface area contributed by atoms with Gasteiger partial charge in [-0.15, -0.1) is 0 Å². The van der Waals surface area contributed by atoms with Crippen LogP contribution in [0.15, 0.2) is 30.4 Å². The summed E-state index contributed by atoms with van der Waals surface area (Å²) in [5.41, 5.74) is 0.990. The number of ether oxygens (including phenoxy) is 1. The van der Waals surface area contributed by atoms with Crippen molar-refractivity contribution >= 4 is 23.4 Å². The van der Waals surface area contributed by atoms with Crippen LogP contribution in [0.4, 0.5) is 20.6 Å². The van der Waals surface area contributed by atoms with Crippen LogP contribution in [0, 0.1) is 5.82 Å². The molecule has 1 saturated heterocycles. The molecule has 0 aliphatic carbocycles. The monoisotopic (exact) mass is 333 g/mol. The zero-order valence-electron chi connectivity index (χ0n) is 13.5. The normalized spacial score (nSPS) is 20.2. The topological polar surface area (TPSA) is 61.9 Å². The number of nitrogens with zero attached hydrogens (tertiary/aromatic N) is 2. The molecule has 1 atom stereocenters. The molecule has 0 saturated carbocycles. The van der Waals surface area contributed by atoms with Crippen LogP contribution in [-0.4, -0.2) is 44.3 Å². The summed E-state index contributed by atoms with van der Waals surface area (Å²) >= 11 is 0. The van der Waals surface area contributed by atoms with E-state index in [1.54, 1.807) is 12.1 Å². The van der Waals surface area contributed by atoms with Crippen LogP contribution in [-0.2, 0) is 9.53 Å². The van der Waals surface area contributed by atoms with Gasteiger partial charge in [0, 0.05) is 20.0 Å². The lowest BCUT2D eigenvalue weighted by molar-refractivity contribution is -0.119. The number of carbonyl (C=O) groups is 2. The van der Waals surface area contributed by atoms with Crippen LogP contribution in [0.3, 0.4) is 0 Å². The molecule has 2 heterocycles. The molecule has 2 aliphatic rings. The number of hydrogen-bond acceptors (Lipinski definition) is 4. The number of benzene rings is 1. The molecule has 0 radical (unpaired) electrons. The van der Waals surface area contributed by atoms with Crippen molar-refractivity contribution in [2.75, 3.05) is 36.0 Å². The van der Waals surface area contributed by atoms with Gasteiger partial charge in [0.25, 0.3) is 0 Å². The van der Waals surface area contributed by atoms with Crippen LogP contribution >= 0.6 is 0 Å². The highest BCUT2D eigenvalue weighted by Crippen LogP contribution is 2.28.